The van der Waals surface area contributed by atoms with Crippen LogP contribution in [-0.4, -0.2) is 11.2 Å². The monoisotopic (exact) mass is 222 g/mol. The van der Waals surface area contributed by atoms with Gasteiger partial charge in [0.15, 0.2) is 0 Å². The third-order valence-corrected chi connectivity index (χ3v) is 1.90. The number of hydrogen-bond donors (Lipinski definition) is 1. The van der Waals surface area contributed by atoms with Crippen molar-refractivity contribution in [3.8, 4) is 0 Å². The van der Waals surface area contributed by atoms with Crippen LogP contribution in [-0.2, 0) is 12.6 Å². The van der Waals surface area contributed by atoms with Gasteiger partial charge in [0.2, 0.25) is 0 Å². The van der Waals surface area contributed by atoms with E-state index >= 15 is 0 Å². The highest BCUT2D eigenvalue weighted by Gasteiger charge is 2.31. The Balaban J connectivity index is 2.98. The van der Waals surface area contributed by atoms with Crippen molar-refractivity contribution >= 4 is 0 Å². The Morgan fingerprint density at radius 3 is 2.33 bits per heavy atom. The number of rotatable bonds is 2. The summed E-state index contributed by atoms with van der Waals surface area (Å²) in [6, 6.07) is 2.30. The second kappa shape index (κ2) is 4.18. The van der Waals surface area contributed by atoms with Gasteiger partial charge in [-0.2, -0.15) is 13.2 Å². The van der Waals surface area contributed by atoms with Gasteiger partial charge in [-0.15, -0.1) is 0 Å². The van der Waals surface area contributed by atoms with E-state index in [-0.39, 0.29) is 12.0 Å². The summed E-state index contributed by atoms with van der Waals surface area (Å²) < 4.78 is 49.6. The first kappa shape index (κ1) is 12.0. The zero-order valence-electron chi connectivity index (χ0n) is 7.98. The van der Waals surface area contributed by atoms with Gasteiger partial charge in [-0.05, 0) is 24.6 Å². The van der Waals surface area contributed by atoms with Gasteiger partial charge in [-0.25, -0.2) is 4.39 Å². The highest BCUT2D eigenvalue weighted by molar-refractivity contribution is 5.26. The van der Waals surface area contributed by atoms with Gasteiger partial charge in [-0.1, -0.05) is 6.07 Å². The molecular weight excluding hydrogens is 212 g/mol. The summed E-state index contributed by atoms with van der Waals surface area (Å²) in [6.45, 7) is 1.44. The van der Waals surface area contributed by atoms with Crippen LogP contribution in [0.5, 0.6) is 0 Å². The van der Waals surface area contributed by atoms with E-state index in [0.717, 1.165) is 12.1 Å². The van der Waals surface area contributed by atoms with Crippen LogP contribution in [0, 0.1) is 5.82 Å². The van der Waals surface area contributed by atoms with Gasteiger partial charge < -0.3 is 5.11 Å². The third-order valence-electron chi connectivity index (χ3n) is 1.90. The van der Waals surface area contributed by atoms with Gasteiger partial charge in [0.05, 0.1) is 11.7 Å². The van der Waals surface area contributed by atoms with Crippen LogP contribution >= 0.6 is 0 Å². The molecule has 0 saturated heterocycles. The lowest BCUT2D eigenvalue weighted by Crippen LogP contribution is -2.09. The number of hydrogen-bond acceptors (Lipinski definition) is 1. The molecule has 0 saturated carbocycles. The van der Waals surface area contributed by atoms with Gasteiger partial charge in [0, 0.05) is 6.42 Å². The molecule has 0 radical (unpaired) electrons. The van der Waals surface area contributed by atoms with Crippen molar-refractivity contribution in [1.82, 2.24) is 0 Å². The molecule has 15 heavy (non-hydrogen) atoms. The smallest absolute Gasteiger partial charge is 0.393 e. The molecule has 0 heterocycles. The van der Waals surface area contributed by atoms with E-state index in [9.17, 15) is 17.6 Å². The van der Waals surface area contributed by atoms with Crippen LogP contribution in [0.2, 0.25) is 0 Å². The number of benzene rings is 1. The van der Waals surface area contributed by atoms with E-state index in [0.29, 0.717) is 6.07 Å². The second-order valence-electron chi connectivity index (χ2n) is 3.36. The van der Waals surface area contributed by atoms with Crippen LogP contribution in [0.4, 0.5) is 17.6 Å². The second-order valence-corrected chi connectivity index (χ2v) is 3.36. The van der Waals surface area contributed by atoms with Crippen molar-refractivity contribution in [3.05, 3.63) is 35.1 Å². The Morgan fingerprint density at radius 2 is 1.93 bits per heavy atom. The SMILES string of the molecule is CC(O)Cc1ccc(C(F)(F)F)cc1F. The first-order valence-electron chi connectivity index (χ1n) is 4.34. The van der Waals surface area contributed by atoms with Crippen molar-refractivity contribution in [2.24, 2.45) is 0 Å². The largest absolute Gasteiger partial charge is 0.416 e. The summed E-state index contributed by atoms with van der Waals surface area (Å²) in [5.41, 5.74) is -0.938. The number of halogens is 4. The van der Waals surface area contributed by atoms with E-state index in [2.05, 4.69) is 0 Å². The first-order chi connectivity index (χ1) is 6.80. The van der Waals surface area contributed by atoms with E-state index in [4.69, 9.17) is 5.11 Å². The molecule has 1 aromatic carbocycles. The molecule has 0 aliphatic rings. The maximum atomic E-state index is 13.1. The molecule has 1 N–H and O–H groups in total. The summed E-state index contributed by atoms with van der Waals surface area (Å²) >= 11 is 0. The summed E-state index contributed by atoms with van der Waals surface area (Å²) in [4.78, 5) is 0. The van der Waals surface area contributed by atoms with Crippen molar-refractivity contribution in [3.63, 3.8) is 0 Å². The number of alkyl halides is 3. The average molecular weight is 222 g/mol. The van der Waals surface area contributed by atoms with Gasteiger partial charge >= 0.3 is 6.18 Å². The maximum absolute atomic E-state index is 13.1. The Labute approximate surface area is 84.3 Å². The minimum Gasteiger partial charge on any atom is -0.393 e. The van der Waals surface area contributed by atoms with E-state index in [1.165, 1.54) is 6.92 Å². The normalized spacial score (nSPS) is 14.0. The van der Waals surface area contributed by atoms with Gasteiger partial charge in [-0.3, -0.25) is 0 Å². The Morgan fingerprint density at radius 1 is 1.33 bits per heavy atom. The van der Waals surface area contributed by atoms with Crippen molar-refractivity contribution < 1.29 is 22.7 Å². The fourth-order valence-electron chi connectivity index (χ4n) is 1.21. The molecule has 0 spiro atoms. The molecule has 0 fully saturated rings. The summed E-state index contributed by atoms with van der Waals surface area (Å²) in [6.07, 6.45) is -5.31. The highest BCUT2D eigenvalue weighted by Crippen LogP contribution is 2.30. The van der Waals surface area contributed by atoms with Crippen LogP contribution in [0.25, 0.3) is 0 Å². The Kier molecular flexibility index (Phi) is 3.34. The molecule has 0 bridgehead atoms. The Bertz CT molecular complexity index is 344. The molecule has 84 valence electrons. The van der Waals surface area contributed by atoms with Crippen LogP contribution in [0.15, 0.2) is 18.2 Å². The molecular formula is C10H10F4O. The quantitative estimate of drug-likeness (QED) is 0.763. The lowest BCUT2D eigenvalue weighted by Gasteiger charge is -2.10. The minimum atomic E-state index is -4.54. The van der Waals surface area contributed by atoms with E-state index in [1.807, 2.05) is 0 Å². The minimum absolute atomic E-state index is 0.00394. The van der Waals surface area contributed by atoms with Crippen LogP contribution in [0.3, 0.4) is 0 Å². The topological polar surface area (TPSA) is 20.2 Å². The molecule has 1 rings (SSSR count). The van der Waals surface area contributed by atoms with Crippen molar-refractivity contribution in [2.75, 3.05) is 0 Å². The van der Waals surface area contributed by atoms with Crippen molar-refractivity contribution in [2.45, 2.75) is 25.6 Å². The lowest BCUT2D eigenvalue weighted by atomic mass is 10.1. The van der Waals surface area contributed by atoms with Gasteiger partial charge in [0.1, 0.15) is 5.82 Å². The van der Waals surface area contributed by atoms with Crippen molar-refractivity contribution in [1.29, 1.82) is 0 Å². The fraction of sp³-hybridized carbons (Fsp3) is 0.400. The van der Waals surface area contributed by atoms with E-state index < -0.39 is 23.7 Å². The molecule has 0 aliphatic heterocycles. The molecule has 0 amide bonds. The Hall–Kier alpha value is -1.10. The predicted octanol–water partition coefficient (Wildman–Crippen LogP) is 2.77. The molecule has 1 atom stereocenters. The zero-order chi connectivity index (χ0) is 11.6. The first-order valence-corrected chi connectivity index (χ1v) is 4.34. The van der Waals surface area contributed by atoms with Gasteiger partial charge in [0.25, 0.3) is 0 Å². The number of aliphatic hydroxyl groups is 1. The summed E-state index contributed by atoms with van der Waals surface area (Å²) in [5, 5.41) is 8.97. The molecule has 1 nitrogen and oxygen atoms in total. The van der Waals surface area contributed by atoms with Crippen LogP contribution in [0.1, 0.15) is 18.1 Å². The molecule has 1 aromatic rings. The molecule has 0 aromatic heterocycles. The summed E-state index contributed by atoms with van der Waals surface area (Å²) in [7, 11) is 0. The standard InChI is InChI=1S/C10H10F4O/c1-6(15)4-7-2-3-8(5-9(7)11)10(12,13)14/h2-3,5-6,15H,4H2,1H3. The van der Waals surface area contributed by atoms with Crippen LogP contribution < -0.4 is 0 Å². The lowest BCUT2D eigenvalue weighted by molar-refractivity contribution is -0.137. The zero-order valence-corrected chi connectivity index (χ0v) is 7.98. The average Bonchev–Trinajstić information content (AvgIpc) is 2.05. The molecule has 5 heteroatoms. The highest BCUT2D eigenvalue weighted by atomic mass is 19.4. The fourth-order valence-corrected chi connectivity index (χ4v) is 1.21. The molecule has 1 unspecified atom stereocenters. The van der Waals surface area contributed by atoms with E-state index in [1.54, 1.807) is 0 Å². The number of aliphatic hydroxyl groups excluding tert-OH is 1. The molecule has 0 aliphatic carbocycles. The maximum Gasteiger partial charge on any atom is 0.416 e. The summed E-state index contributed by atoms with van der Waals surface area (Å²) in [5.74, 6) is -0.939. The predicted molar refractivity (Wildman–Crippen MR) is 46.8 cm³/mol. The third kappa shape index (κ3) is 3.20.